The van der Waals surface area contributed by atoms with Crippen LogP contribution in [0.4, 0.5) is 0 Å². The van der Waals surface area contributed by atoms with Crippen molar-refractivity contribution in [3.63, 3.8) is 0 Å². The van der Waals surface area contributed by atoms with E-state index in [2.05, 4.69) is 10.3 Å². The minimum Gasteiger partial charge on any atom is -0.389 e. The van der Waals surface area contributed by atoms with Crippen LogP contribution in [0, 0.1) is 6.92 Å². The monoisotopic (exact) mass is 251 g/mol. The fraction of sp³-hybridized carbons (Fsp3) is 0.417. The van der Waals surface area contributed by atoms with Crippen LogP contribution in [-0.2, 0) is 0 Å². The van der Waals surface area contributed by atoms with Gasteiger partial charge in [-0.15, -0.1) is 0 Å². The second-order valence-corrected chi connectivity index (χ2v) is 4.71. The molecule has 1 aromatic heterocycles. The molecule has 18 heavy (non-hydrogen) atoms. The van der Waals surface area contributed by atoms with Crippen LogP contribution in [0.3, 0.4) is 0 Å². The number of carbonyl (C=O) groups is 2. The predicted molar refractivity (Wildman–Crippen MR) is 66.1 cm³/mol. The molecule has 1 rings (SSSR count). The number of aryl methyl sites for hydroxylation is 1. The minimum atomic E-state index is -1.04. The maximum Gasteiger partial charge on any atom is 0.270 e. The third-order valence-corrected chi connectivity index (χ3v) is 2.20. The van der Waals surface area contributed by atoms with Gasteiger partial charge in [-0.1, -0.05) is 0 Å². The molecule has 0 aliphatic carbocycles. The number of pyridine rings is 1. The molecule has 0 bridgehead atoms. The van der Waals surface area contributed by atoms with Crippen molar-refractivity contribution in [2.75, 3.05) is 6.54 Å². The van der Waals surface area contributed by atoms with Crippen LogP contribution in [-0.4, -0.2) is 34.1 Å². The smallest absolute Gasteiger partial charge is 0.270 e. The van der Waals surface area contributed by atoms with E-state index in [-0.39, 0.29) is 17.8 Å². The maximum atomic E-state index is 11.9. The van der Waals surface area contributed by atoms with Gasteiger partial charge in [-0.05, 0) is 32.9 Å². The largest absolute Gasteiger partial charge is 0.389 e. The highest BCUT2D eigenvalue weighted by atomic mass is 16.3. The fourth-order valence-electron chi connectivity index (χ4n) is 1.31. The first-order valence-electron chi connectivity index (χ1n) is 5.49. The average molecular weight is 251 g/mol. The normalized spacial score (nSPS) is 11.1. The molecule has 0 aromatic carbocycles. The molecule has 0 saturated heterocycles. The van der Waals surface area contributed by atoms with Gasteiger partial charge in [0.2, 0.25) is 0 Å². The molecule has 0 fully saturated rings. The van der Waals surface area contributed by atoms with E-state index >= 15 is 0 Å². The molecule has 0 unspecified atom stereocenters. The molecule has 0 radical (unpaired) electrons. The predicted octanol–water partition coefficient (Wildman–Crippen LogP) is -0.0104. The molecule has 2 amide bonds. The van der Waals surface area contributed by atoms with Gasteiger partial charge in [0.05, 0.1) is 11.2 Å². The standard InChI is InChI=1S/C12H17N3O3/c1-7-4-5-8(10(13)16)9(15-7)11(17)14-6-12(2,3)18/h4-5,18H,6H2,1-3H3,(H2,13,16)(H,14,17). The van der Waals surface area contributed by atoms with Crippen LogP contribution < -0.4 is 11.1 Å². The lowest BCUT2D eigenvalue weighted by molar-refractivity contribution is 0.0690. The summed E-state index contributed by atoms with van der Waals surface area (Å²) in [4.78, 5) is 27.1. The van der Waals surface area contributed by atoms with E-state index < -0.39 is 17.4 Å². The number of rotatable bonds is 4. The van der Waals surface area contributed by atoms with Crippen LogP contribution in [0.5, 0.6) is 0 Å². The Morgan fingerprint density at radius 2 is 2.06 bits per heavy atom. The van der Waals surface area contributed by atoms with Crippen LogP contribution in [0.2, 0.25) is 0 Å². The van der Waals surface area contributed by atoms with Crippen molar-refractivity contribution in [1.29, 1.82) is 0 Å². The van der Waals surface area contributed by atoms with E-state index in [4.69, 9.17) is 5.73 Å². The summed E-state index contributed by atoms with van der Waals surface area (Å²) < 4.78 is 0. The topological polar surface area (TPSA) is 105 Å². The van der Waals surface area contributed by atoms with Crippen molar-refractivity contribution in [2.24, 2.45) is 5.73 Å². The van der Waals surface area contributed by atoms with E-state index in [0.717, 1.165) is 0 Å². The highest BCUT2D eigenvalue weighted by Gasteiger charge is 2.20. The number of nitrogens with one attached hydrogen (secondary N) is 1. The Bertz CT molecular complexity index is 478. The van der Waals surface area contributed by atoms with Gasteiger partial charge in [-0.2, -0.15) is 0 Å². The van der Waals surface area contributed by atoms with Gasteiger partial charge < -0.3 is 16.2 Å². The number of hydrogen-bond acceptors (Lipinski definition) is 4. The first-order valence-corrected chi connectivity index (χ1v) is 5.49. The van der Waals surface area contributed by atoms with E-state index in [0.29, 0.717) is 5.69 Å². The zero-order valence-electron chi connectivity index (χ0n) is 10.7. The summed E-state index contributed by atoms with van der Waals surface area (Å²) in [5.41, 5.74) is 4.79. The Hall–Kier alpha value is -1.95. The zero-order chi connectivity index (χ0) is 13.9. The Kier molecular flexibility index (Phi) is 4.03. The van der Waals surface area contributed by atoms with E-state index in [1.165, 1.54) is 6.07 Å². The second-order valence-electron chi connectivity index (χ2n) is 4.71. The lowest BCUT2D eigenvalue weighted by Gasteiger charge is -2.17. The molecule has 0 aliphatic heterocycles. The van der Waals surface area contributed by atoms with Crippen molar-refractivity contribution in [3.8, 4) is 0 Å². The summed E-state index contributed by atoms with van der Waals surface area (Å²) in [6, 6.07) is 3.07. The Morgan fingerprint density at radius 1 is 1.44 bits per heavy atom. The summed E-state index contributed by atoms with van der Waals surface area (Å²) >= 11 is 0. The van der Waals surface area contributed by atoms with Gasteiger partial charge in [-0.25, -0.2) is 4.98 Å². The zero-order valence-corrected chi connectivity index (χ0v) is 10.7. The van der Waals surface area contributed by atoms with Gasteiger partial charge in [0, 0.05) is 12.2 Å². The van der Waals surface area contributed by atoms with Crippen LogP contribution in [0.1, 0.15) is 40.4 Å². The fourth-order valence-corrected chi connectivity index (χ4v) is 1.31. The van der Waals surface area contributed by atoms with Gasteiger partial charge in [0.1, 0.15) is 5.69 Å². The molecule has 0 saturated carbocycles. The van der Waals surface area contributed by atoms with E-state index in [1.807, 2.05) is 0 Å². The number of nitrogens with zero attached hydrogens (tertiary/aromatic N) is 1. The van der Waals surface area contributed by atoms with Gasteiger partial charge >= 0.3 is 0 Å². The van der Waals surface area contributed by atoms with E-state index in [1.54, 1.807) is 26.8 Å². The van der Waals surface area contributed by atoms with Gasteiger partial charge in [-0.3, -0.25) is 9.59 Å². The third-order valence-electron chi connectivity index (χ3n) is 2.20. The number of hydrogen-bond donors (Lipinski definition) is 3. The number of amides is 2. The molecule has 0 spiro atoms. The highest BCUT2D eigenvalue weighted by molar-refractivity contribution is 6.05. The number of primary amides is 1. The van der Waals surface area contributed by atoms with Crippen molar-refractivity contribution in [2.45, 2.75) is 26.4 Å². The van der Waals surface area contributed by atoms with Crippen molar-refractivity contribution in [1.82, 2.24) is 10.3 Å². The Labute approximate surface area is 105 Å². The molecule has 6 nitrogen and oxygen atoms in total. The quantitative estimate of drug-likeness (QED) is 0.699. The average Bonchev–Trinajstić information content (AvgIpc) is 2.24. The van der Waals surface area contributed by atoms with Gasteiger partial charge in [0.25, 0.3) is 11.8 Å². The van der Waals surface area contributed by atoms with E-state index in [9.17, 15) is 14.7 Å². The summed E-state index contributed by atoms with van der Waals surface area (Å²) in [5, 5.41) is 12.0. The number of aliphatic hydroxyl groups is 1. The molecule has 6 heteroatoms. The molecule has 98 valence electrons. The van der Waals surface area contributed by atoms with Crippen LogP contribution >= 0.6 is 0 Å². The summed E-state index contributed by atoms with van der Waals surface area (Å²) in [7, 11) is 0. The molecule has 0 atom stereocenters. The lowest BCUT2D eigenvalue weighted by atomic mass is 10.1. The van der Waals surface area contributed by atoms with Crippen molar-refractivity contribution >= 4 is 11.8 Å². The number of carbonyl (C=O) groups excluding carboxylic acids is 2. The molecule has 1 heterocycles. The maximum absolute atomic E-state index is 11.9. The number of nitrogens with two attached hydrogens (primary N) is 1. The molecule has 4 N–H and O–H groups in total. The second kappa shape index (κ2) is 5.14. The number of aromatic nitrogens is 1. The molecule has 0 aliphatic rings. The minimum absolute atomic E-state index is 0.0215. The molecular weight excluding hydrogens is 234 g/mol. The van der Waals surface area contributed by atoms with Crippen LogP contribution in [0.15, 0.2) is 12.1 Å². The Morgan fingerprint density at radius 3 is 2.56 bits per heavy atom. The molecular formula is C12H17N3O3. The first kappa shape index (κ1) is 14.1. The lowest BCUT2D eigenvalue weighted by Crippen LogP contribution is -2.39. The third kappa shape index (κ3) is 3.81. The SMILES string of the molecule is Cc1ccc(C(N)=O)c(C(=O)NCC(C)(C)O)n1. The van der Waals surface area contributed by atoms with Crippen molar-refractivity contribution < 1.29 is 14.7 Å². The summed E-state index contributed by atoms with van der Waals surface area (Å²) in [5.74, 6) is -1.24. The highest BCUT2D eigenvalue weighted by Crippen LogP contribution is 2.08. The summed E-state index contributed by atoms with van der Waals surface area (Å²) in [6.45, 7) is 4.88. The summed E-state index contributed by atoms with van der Waals surface area (Å²) in [6.07, 6.45) is 0. The van der Waals surface area contributed by atoms with Gasteiger partial charge in [0.15, 0.2) is 0 Å². The van der Waals surface area contributed by atoms with Crippen LogP contribution in [0.25, 0.3) is 0 Å². The molecule has 1 aromatic rings. The Balaban J connectivity index is 2.97. The first-order chi connectivity index (χ1) is 8.20. The van der Waals surface area contributed by atoms with Crippen molar-refractivity contribution in [3.05, 3.63) is 29.1 Å².